The van der Waals surface area contributed by atoms with E-state index in [1.54, 1.807) is 17.0 Å². The van der Waals surface area contributed by atoms with Gasteiger partial charge >= 0.3 is 0 Å². The van der Waals surface area contributed by atoms with Crippen molar-refractivity contribution in [2.75, 3.05) is 18.4 Å². The Morgan fingerprint density at radius 2 is 2.11 bits per heavy atom. The number of rotatable bonds is 8. The van der Waals surface area contributed by atoms with E-state index in [1.165, 1.54) is 0 Å². The van der Waals surface area contributed by atoms with E-state index in [9.17, 15) is 4.79 Å². The summed E-state index contributed by atoms with van der Waals surface area (Å²) >= 11 is 0. The lowest BCUT2D eigenvalue weighted by molar-refractivity contribution is 0.658. The molecule has 18 heavy (non-hydrogen) atoms. The van der Waals surface area contributed by atoms with Crippen LogP contribution in [0.5, 0.6) is 0 Å². The molecule has 0 radical (unpaired) electrons. The van der Waals surface area contributed by atoms with Crippen molar-refractivity contribution >= 4 is 5.82 Å². The molecule has 5 heteroatoms. The Bertz CT molecular complexity index is 425. The molecule has 2 rings (SSSR count). The van der Waals surface area contributed by atoms with Crippen molar-refractivity contribution in [2.24, 2.45) is 5.73 Å². The third-order valence-electron chi connectivity index (χ3n) is 3.23. The molecule has 3 N–H and O–H groups in total. The summed E-state index contributed by atoms with van der Waals surface area (Å²) < 4.78 is 1.80. The number of nitrogens with zero attached hydrogens (tertiary/aromatic N) is 2. The molecule has 0 atom stereocenters. The summed E-state index contributed by atoms with van der Waals surface area (Å²) in [5.74, 6) is 0.489. The van der Waals surface area contributed by atoms with E-state index in [4.69, 9.17) is 5.73 Å². The Morgan fingerprint density at radius 3 is 2.83 bits per heavy atom. The summed E-state index contributed by atoms with van der Waals surface area (Å²) in [6.45, 7) is 1.57. The number of hydrogen-bond acceptors (Lipinski definition) is 4. The minimum Gasteiger partial charge on any atom is -0.365 e. The van der Waals surface area contributed by atoms with Gasteiger partial charge in [0.05, 0.1) is 0 Å². The molecule has 0 aliphatic heterocycles. The highest BCUT2D eigenvalue weighted by atomic mass is 16.1. The zero-order valence-corrected chi connectivity index (χ0v) is 10.8. The van der Waals surface area contributed by atoms with Crippen LogP contribution in [-0.2, 0) is 0 Å². The lowest BCUT2D eigenvalue weighted by atomic mass is 10.2. The third kappa shape index (κ3) is 3.57. The lowest BCUT2D eigenvalue weighted by Gasteiger charge is -2.07. The van der Waals surface area contributed by atoms with Crippen molar-refractivity contribution in [1.29, 1.82) is 0 Å². The summed E-state index contributed by atoms with van der Waals surface area (Å²) in [6, 6.07) is 0.408. The van der Waals surface area contributed by atoms with Crippen molar-refractivity contribution in [2.45, 2.75) is 44.6 Å². The molecule has 1 heterocycles. The molecule has 0 unspecified atom stereocenters. The number of anilines is 1. The minimum atomic E-state index is 0.0157. The monoisotopic (exact) mass is 250 g/mol. The highest BCUT2D eigenvalue weighted by Gasteiger charge is 2.25. The van der Waals surface area contributed by atoms with E-state index in [0.717, 1.165) is 51.6 Å². The Labute approximate surface area is 107 Å². The molecule has 1 aromatic heterocycles. The van der Waals surface area contributed by atoms with Gasteiger partial charge in [-0.2, -0.15) is 0 Å². The van der Waals surface area contributed by atoms with Gasteiger partial charge in [-0.05, 0) is 32.2 Å². The van der Waals surface area contributed by atoms with Crippen LogP contribution in [0.4, 0.5) is 5.82 Å². The first-order valence-corrected chi connectivity index (χ1v) is 6.84. The zero-order chi connectivity index (χ0) is 12.8. The Hall–Kier alpha value is -1.36. The Balaban J connectivity index is 1.79. The van der Waals surface area contributed by atoms with Crippen molar-refractivity contribution < 1.29 is 0 Å². The first-order valence-electron chi connectivity index (χ1n) is 6.84. The second kappa shape index (κ2) is 6.54. The molecule has 0 spiro atoms. The molecular formula is C13H22N4O. The standard InChI is InChI=1S/C13H22N4O/c14-7-3-1-2-4-8-15-12-13(18)17(10-9-16-12)11-5-6-11/h9-11H,1-8,14H2,(H,15,16). The van der Waals surface area contributed by atoms with Gasteiger partial charge in [0.25, 0.3) is 5.56 Å². The number of nitrogens with two attached hydrogens (primary N) is 1. The van der Waals surface area contributed by atoms with E-state index >= 15 is 0 Å². The minimum absolute atomic E-state index is 0.0157. The van der Waals surface area contributed by atoms with Crippen molar-refractivity contribution in [3.8, 4) is 0 Å². The van der Waals surface area contributed by atoms with E-state index in [1.807, 2.05) is 0 Å². The smallest absolute Gasteiger partial charge is 0.293 e. The third-order valence-corrected chi connectivity index (χ3v) is 3.23. The molecule has 1 aliphatic rings. The van der Waals surface area contributed by atoms with Crippen LogP contribution in [0, 0.1) is 0 Å². The summed E-state index contributed by atoms with van der Waals surface area (Å²) in [5.41, 5.74) is 5.45. The van der Waals surface area contributed by atoms with Crippen LogP contribution in [0.3, 0.4) is 0 Å². The molecular weight excluding hydrogens is 228 g/mol. The van der Waals surface area contributed by atoms with Gasteiger partial charge in [0, 0.05) is 25.0 Å². The highest BCUT2D eigenvalue weighted by Crippen LogP contribution is 2.33. The van der Waals surface area contributed by atoms with Crippen molar-refractivity contribution in [3.05, 3.63) is 22.7 Å². The van der Waals surface area contributed by atoms with Gasteiger partial charge in [0.15, 0.2) is 5.82 Å². The fourth-order valence-corrected chi connectivity index (χ4v) is 2.02. The normalized spacial score (nSPS) is 14.7. The first kappa shape index (κ1) is 13.1. The van der Waals surface area contributed by atoms with Gasteiger partial charge in [-0.15, -0.1) is 0 Å². The van der Waals surface area contributed by atoms with Gasteiger partial charge < -0.3 is 15.6 Å². The molecule has 0 aromatic carbocycles. The molecule has 0 amide bonds. The van der Waals surface area contributed by atoms with Crippen LogP contribution in [0.2, 0.25) is 0 Å². The van der Waals surface area contributed by atoms with E-state index < -0.39 is 0 Å². The predicted octanol–water partition coefficient (Wildman–Crippen LogP) is 1.51. The van der Waals surface area contributed by atoms with Crippen LogP contribution < -0.4 is 16.6 Å². The van der Waals surface area contributed by atoms with Crippen molar-refractivity contribution in [1.82, 2.24) is 9.55 Å². The van der Waals surface area contributed by atoms with Crippen LogP contribution in [0.15, 0.2) is 17.2 Å². The first-order chi connectivity index (χ1) is 8.83. The van der Waals surface area contributed by atoms with E-state index in [-0.39, 0.29) is 5.56 Å². The van der Waals surface area contributed by atoms with Crippen molar-refractivity contribution in [3.63, 3.8) is 0 Å². The maximum absolute atomic E-state index is 12.0. The fraction of sp³-hybridized carbons (Fsp3) is 0.692. The largest absolute Gasteiger partial charge is 0.365 e. The lowest BCUT2D eigenvalue weighted by Crippen LogP contribution is -2.24. The Morgan fingerprint density at radius 1 is 1.33 bits per heavy atom. The van der Waals surface area contributed by atoms with Gasteiger partial charge in [-0.1, -0.05) is 12.8 Å². The summed E-state index contributed by atoms with van der Waals surface area (Å²) in [6.07, 6.45) is 10.2. The molecule has 1 aliphatic carbocycles. The van der Waals surface area contributed by atoms with Gasteiger partial charge in [0.2, 0.25) is 0 Å². The average Bonchev–Trinajstić information content (AvgIpc) is 3.20. The van der Waals surface area contributed by atoms with E-state index in [0.29, 0.717) is 11.9 Å². The zero-order valence-electron chi connectivity index (χ0n) is 10.8. The number of hydrogen-bond donors (Lipinski definition) is 2. The predicted molar refractivity (Wildman–Crippen MR) is 72.8 cm³/mol. The maximum atomic E-state index is 12.0. The second-order valence-corrected chi connectivity index (χ2v) is 4.85. The van der Waals surface area contributed by atoms with Crippen LogP contribution in [0.1, 0.15) is 44.6 Å². The average molecular weight is 250 g/mol. The molecule has 0 saturated heterocycles. The molecule has 1 aromatic rings. The van der Waals surface area contributed by atoms with Gasteiger partial charge in [-0.25, -0.2) is 4.98 Å². The Kier molecular flexibility index (Phi) is 4.75. The maximum Gasteiger partial charge on any atom is 0.293 e. The quantitative estimate of drug-likeness (QED) is 0.686. The number of unbranched alkanes of at least 4 members (excludes halogenated alkanes) is 3. The topological polar surface area (TPSA) is 72.9 Å². The molecule has 100 valence electrons. The van der Waals surface area contributed by atoms with Crippen LogP contribution >= 0.6 is 0 Å². The number of nitrogens with one attached hydrogen (secondary N) is 1. The van der Waals surface area contributed by atoms with Gasteiger partial charge in [0.1, 0.15) is 0 Å². The van der Waals surface area contributed by atoms with Gasteiger partial charge in [-0.3, -0.25) is 4.79 Å². The molecule has 1 fully saturated rings. The number of aromatic nitrogens is 2. The highest BCUT2D eigenvalue weighted by molar-refractivity contribution is 5.30. The van der Waals surface area contributed by atoms with Crippen LogP contribution in [0.25, 0.3) is 0 Å². The fourth-order valence-electron chi connectivity index (χ4n) is 2.02. The SMILES string of the molecule is NCCCCCCNc1nccn(C2CC2)c1=O. The summed E-state index contributed by atoms with van der Waals surface area (Å²) in [5, 5.41) is 3.14. The van der Waals surface area contributed by atoms with Crippen LogP contribution in [-0.4, -0.2) is 22.6 Å². The summed E-state index contributed by atoms with van der Waals surface area (Å²) in [7, 11) is 0. The molecule has 1 saturated carbocycles. The molecule has 0 bridgehead atoms. The second-order valence-electron chi connectivity index (χ2n) is 4.85. The van der Waals surface area contributed by atoms with E-state index in [2.05, 4.69) is 10.3 Å². The molecule has 5 nitrogen and oxygen atoms in total. The summed E-state index contributed by atoms with van der Waals surface area (Å²) in [4.78, 5) is 16.2.